The van der Waals surface area contributed by atoms with Crippen molar-refractivity contribution in [2.24, 2.45) is 17.3 Å². The molecule has 4 atom stereocenters. The molecule has 0 amide bonds. The molecule has 26 heavy (non-hydrogen) atoms. The molecule has 1 nitrogen and oxygen atoms in total. The predicted octanol–water partition coefficient (Wildman–Crippen LogP) is 6.90. The SMILES string of the molecule is CCC1(C(O)C/C=C/[C@@H]2[C@@H](CCCc3ccc(C)s3)CC[C@H]2Cl)CCC1. The molecule has 3 heteroatoms. The largest absolute Gasteiger partial charge is 0.392 e. The summed E-state index contributed by atoms with van der Waals surface area (Å²) >= 11 is 8.56. The molecule has 1 aromatic rings. The van der Waals surface area contributed by atoms with E-state index in [9.17, 15) is 5.11 Å². The zero-order chi connectivity index (χ0) is 18.6. The fourth-order valence-electron chi connectivity index (χ4n) is 4.99. The fraction of sp³-hybridized carbons (Fsp3) is 0.739. The van der Waals surface area contributed by atoms with Crippen LogP contribution in [0.1, 0.15) is 74.5 Å². The van der Waals surface area contributed by atoms with Crippen molar-refractivity contribution in [2.45, 2.75) is 89.5 Å². The monoisotopic (exact) mass is 394 g/mol. The Kier molecular flexibility index (Phi) is 7.27. The van der Waals surface area contributed by atoms with Crippen LogP contribution in [-0.2, 0) is 6.42 Å². The first-order valence-corrected chi connectivity index (χ1v) is 11.8. The highest BCUT2D eigenvalue weighted by atomic mass is 35.5. The van der Waals surface area contributed by atoms with Crippen LogP contribution in [0.4, 0.5) is 0 Å². The first kappa shape index (κ1) is 20.4. The molecule has 1 N–H and O–H groups in total. The van der Waals surface area contributed by atoms with Crippen molar-refractivity contribution in [3.63, 3.8) is 0 Å². The van der Waals surface area contributed by atoms with Gasteiger partial charge in [0.25, 0.3) is 0 Å². The van der Waals surface area contributed by atoms with E-state index in [1.807, 2.05) is 11.3 Å². The van der Waals surface area contributed by atoms with Gasteiger partial charge in [-0.1, -0.05) is 25.5 Å². The average molecular weight is 395 g/mol. The molecular weight excluding hydrogens is 360 g/mol. The smallest absolute Gasteiger partial charge is 0.0630 e. The Hall–Kier alpha value is -0.310. The maximum Gasteiger partial charge on any atom is 0.0630 e. The van der Waals surface area contributed by atoms with Crippen molar-refractivity contribution in [2.75, 3.05) is 0 Å². The molecule has 3 rings (SSSR count). The van der Waals surface area contributed by atoms with Crippen molar-refractivity contribution in [1.82, 2.24) is 0 Å². The number of allylic oxidation sites excluding steroid dienone is 1. The Morgan fingerprint density at radius 1 is 1.35 bits per heavy atom. The van der Waals surface area contributed by atoms with Crippen LogP contribution in [0, 0.1) is 24.2 Å². The Morgan fingerprint density at radius 3 is 2.77 bits per heavy atom. The molecule has 0 aromatic carbocycles. The average Bonchev–Trinajstić information content (AvgIpc) is 3.14. The Labute approximate surface area is 168 Å². The lowest BCUT2D eigenvalue weighted by Crippen LogP contribution is -2.40. The van der Waals surface area contributed by atoms with E-state index in [1.165, 1.54) is 54.7 Å². The van der Waals surface area contributed by atoms with Crippen molar-refractivity contribution in [3.05, 3.63) is 34.0 Å². The minimum atomic E-state index is -0.173. The Morgan fingerprint density at radius 2 is 2.15 bits per heavy atom. The Bertz CT molecular complexity index is 583. The molecule has 0 saturated heterocycles. The summed E-state index contributed by atoms with van der Waals surface area (Å²) in [5.41, 5.74) is 0.207. The number of hydrogen-bond donors (Lipinski definition) is 1. The van der Waals surface area contributed by atoms with Crippen LogP contribution in [-0.4, -0.2) is 16.6 Å². The third-order valence-electron chi connectivity index (χ3n) is 7.05. The summed E-state index contributed by atoms with van der Waals surface area (Å²) in [6, 6.07) is 4.51. The minimum Gasteiger partial charge on any atom is -0.392 e. The topological polar surface area (TPSA) is 20.2 Å². The van der Waals surface area contributed by atoms with Gasteiger partial charge in [-0.2, -0.15) is 0 Å². The molecule has 2 fully saturated rings. The molecule has 146 valence electrons. The molecule has 0 spiro atoms. The van der Waals surface area contributed by atoms with E-state index in [-0.39, 0.29) is 16.9 Å². The second-order valence-electron chi connectivity index (χ2n) is 8.58. The lowest BCUT2D eigenvalue weighted by molar-refractivity contribution is -0.0355. The van der Waals surface area contributed by atoms with Crippen LogP contribution >= 0.6 is 22.9 Å². The second-order valence-corrected chi connectivity index (χ2v) is 10.5. The highest BCUT2D eigenvalue weighted by molar-refractivity contribution is 7.11. The van der Waals surface area contributed by atoms with Gasteiger partial charge in [0, 0.05) is 15.1 Å². The minimum absolute atomic E-state index is 0.173. The molecule has 2 aliphatic rings. The van der Waals surface area contributed by atoms with E-state index in [0.29, 0.717) is 5.92 Å². The summed E-state index contributed by atoms with van der Waals surface area (Å²) in [5.74, 6) is 1.21. The van der Waals surface area contributed by atoms with E-state index < -0.39 is 0 Å². The van der Waals surface area contributed by atoms with Gasteiger partial charge in [-0.3, -0.25) is 0 Å². The normalized spacial score (nSPS) is 29.2. The van der Waals surface area contributed by atoms with E-state index in [0.717, 1.165) is 25.2 Å². The summed E-state index contributed by atoms with van der Waals surface area (Å²) in [6.07, 6.45) is 16.1. The Balaban J connectivity index is 1.47. The van der Waals surface area contributed by atoms with Gasteiger partial charge in [-0.05, 0) is 94.1 Å². The molecule has 0 bridgehead atoms. The predicted molar refractivity (Wildman–Crippen MR) is 114 cm³/mol. The van der Waals surface area contributed by atoms with Gasteiger partial charge in [-0.15, -0.1) is 22.9 Å². The van der Waals surface area contributed by atoms with Crippen LogP contribution in [0.2, 0.25) is 0 Å². The van der Waals surface area contributed by atoms with Crippen molar-refractivity contribution >= 4 is 22.9 Å². The second kappa shape index (κ2) is 9.26. The molecule has 2 saturated carbocycles. The fourth-order valence-corrected chi connectivity index (χ4v) is 6.34. The molecule has 0 radical (unpaired) electrons. The highest BCUT2D eigenvalue weighted by Crippen LogP contribution is 2.48. The summed E-state index contributed by atoms with van der Waals surface area (Å²) in [7, 11) is 0. The summed E-state index contributed by atoms with van der Waals surface area (Å²) in [5, 5.41) is 10.9. The zero-order valence-corrected chi connectivity index (χ0v) is 18.0. The van der Waals surface area contributed by atoms with Crippen molar-refractivity contribution in [1.29, 1.82) is 0 Å². The summed E-state index contributed by atoms with van der Waals surface area (Å²) < 4.78 is 0. The lowest BCUT2D eigenvalue weighted by atomic mass is 9.63. The maximum absolute atomic E-state index is 10.6. The quantitative estimate of drug-likeness (QED) is 0.356. The highest BCUT2D eigenvalue weighted by Gasteiger charge is 2.41. The van der Waals surface area contributed by atoms with Gasteiger partial charge >= 0.3 is 0 Å². The molecule has 0 aliphatic heterocycles. The number of alkyl halides is 1. The van der Waals surface area contributed by atoms with Gasteiger partial charge in [0.2, 0.25) is 0 Å². The number of hydrogen-bond acceptors (Lipinski definition) is 2. The summed E-state index contributed by atoms with van der Waals surface area (Å²) in [6.45, 7) is 4.41. The van der Waals surface area contributed by atoms with Gasteiger partial charge in [-0.25, -0.2) is 0 Å². The number of aryl methyl sites for hydroxylation is 2. The van der Waals surface area contributed by atoms with Gasteiger partial charge in [0.1, 0.15) is 0 Å². The zero-order valence-electron chi connectivity index (χ0n) is 16.4. The molecule has 1 heterocycles. The van der Waals surface area contributed by atoms with Gasteiger partial charge < -0.3 is 5.11 Å². The van der Waals surface area contributed by atoms with E-state index in [2.05, 4.69) is 38.1 Å². The third kappa shape index (κ3) is 4.75. The van der Waals surface area contributed by atoms with Gasteiger partial charge in [0.05, 0.1) is 6.10 Å². The number of thiophene rings is 1. The van der Waals surface area contributed by atoms with Gasteiger partial charge in [0.15, 0.2) is 0 Å². The molecule has 2 aliphatic carbocycles. The van der Waals surface area contributed by atoms with Crippen molar-refractivity contribution in [3.8, 4) is 0 Å². The molecule has 1 unspecified atom stereocenters. The van der Waals surface area contributed by atoms with Crippen molar-refractivity contribution < 1.29 is 5.11 Å². The van der Waals surface area contributed by atoms with Crippen LogP contribution in [0.5, 0.6) is 0 Å². The maximum atomic E-state index is 10.6. The van der Waals surface area contributed by atoms with Crippen LogP contribution in [0.25, 0.3) is 0 Å². The van der Waals surface area contributed by atoms with Crippen LogP contribution in [0.3, 0.4) is 0 Å². The van der Waals surface area contributed by atoms with E-state index in [4.69, 9.17) is 11.6 Å². The van der Waals surface area contributed by atoms with Crippen LogP contribution < -0.4 is 0 Å². The van der Waals surface area contributed by atoms with E-state index >= 15 is 0 Å². The lowest BCUT2D eigenvalue weighted by Gasteiger charge is -2.45. The number of aliphatic hydroxyl groups is 1. The number of halogens is 1. The van der Waals surface area contributed by atoms with Crippen LogP contribution in [0.15, 0.2) is 24.3 Å². The number of rotatable bonds is 9. The molecule has 1 aromatic heterocycles. The first-order chi connectivity index (χ1) is 12.5. The number of aliphatic hydroxyl groups excluding tert-OH is 1. The first-order valence-electron chi connectivity index (χ1n) is 10.6. The molecular formula is C23H35ClOS. The standard InChI is InChI=1S/C23H35ClOS/c1-3-23(15-6-16-23)22(25)10-5-9-20-18(12-14-21(20)24)7-4-8-19-13-11-17(2)26-19/h5,9,11,13,18,20-22,25H,3-4,6-8,10,12,14-16H2,1-2H3/b9-5+/t18-,20+,21+,22?/m0/s1. The van der Waals surface area contributed by atoms with E-state index in [1.54, 1.807) is 0 Å². The third-order valence-corrected chi connectivity index (χ3v) is 8.62. The summed E-state index contributed by atoms with van der Waals surface area (Å²) in [4.78, 5) is 2.93.